The van der Waals surface area contributed by atoms with Gasteiger partial charge in [0.15, 0.2) is 5.82 Å². The first-order chi connectivity index (χ1) is 12.7. The quantitative estimate of drug-likeness (QED) is 0.574. The zero-order chi connectivity index (χ0) is 19.8. The molecule has 3 aromatic rings. The molecule has 0 radical (unpaired) electrons. The topological polar surface area (TPSA) is 64.0 Å². The van der Waals surface area contributed by atoms with E-state index in [1.165, 1.54) is 16.8 Å². The Balaban J connectivity index is 1.88. The van der Waals surface area contributed by atoms with Crippen LogP contribution in [0.3, 0.4) is 0 Å². The van der Waals surface area contributed by atoms with Crippen LogP contribution in [0, 0.1) is 19.7 Å². The molecule has 1 aromatic heterocycles. The Morgan fingerprint density at radius 1 is 1.26 bits per heavy atom. The molecule has 2 aromatic carbocycles. The van der Waals surface area contributed by atoms with Crippen LogP contribution < -0.4 is 4.72 Å². The van der Waals surface area contributed by atoms with Crippen molar-refractivity contribution in [2.75, 3.05) is 4.72 Å². The Morgan fingerprint density at radius 3 is 2.67 bits per heavy atom. The average molecular weight is 473 g/mol. The maximum absolute atomic E-state index is 14.0. The molecule has 0 fully saturated rings. The van der Waals surface area contributed by atoms with Crippen LogP contribution in [-0.4, -0.2) is 18.2 Å². The number of aromatic nitrogens is 2. The monoisotopic (exact) mass is 471 g/mol. The van der Waals surface area contributed by atoms with Crippen molar-refractivity contribution < 1.29 is 12.8 Å². The summed E-state index contributed by atoms with van der Waals surface area (Å²) < 4.78 is 43.7. The zero-order valence-corrected chi connectivity index (χ0v) is 17.7. The van der Waals surface area contributed by atoms with Crippen LogP contribution in [0.1, 0.15) is 16.7 Å². The highest BCUT2D eigenvalue weighted by atomic mass is 79.9. The Morgan fingerprint density at radius 2 is 2.00 bits per heavy atom. The second-order valence-corrected chi connectivity index (χ2v) is 9.01. The normalized spacial score (nSPS) is 11.6. The van der Waals surface area contributed by atoms with Gasteiger partial charge < -0.3 is 0 Å². The summed E-state index contributed by atoms with van der Waals surface area (Å²) in [6, 6.07) is 9.49. The van der Waals surface area contributed by atoms with Crippen molar-refractivity contribution in [2.24, 2.45) is 0 Å². The van der Waals surface area contributed by atoms with Crippen LogP contribution in [0.4, 0.5) is 10.2 Å². The van der Waals surface area contributed by atoms with Crippen molar-refractivity contribution in [2.45, 2.75) is 25.3 Å². The van der Waals surface area contributed by atoms with Crippen molar-refractivity contribution in [3.8, 4) is 0 Å². The highest BCUT2D eigenvalue weighted by Crippen LogP contribution is 2.27. The summed E-state index contributed by atoms with van der Waals surface area (Å²) in [4.78, 5) is 0.173. The van der Waals surface area contributed by atoms with Gasteiger partial charge in [-0.2, -0.15) is 5.10 Å². The van der Waals surface area contributed by atoms with E-state index in [1.807, 2.05) is 6.92 Å². The van der Waals surface area contributed by atoms with E-state index >= 15 is 0 Å². The SMILES string of the molecule is Cc1ccc(S(=O)(=O)Nc2nn(Cc3c(F)cccc3Cl)cc2Br)c(C)c1. The van der Waals surface area contributed by atoms with E-state index in [1.54, 1.807) is 37.4 Å². The predicted octanol–water partition coefficient (Wildman–Crippen LogP) is 4.90. The van der Waals surface area contributed by atoms with Gasteiger partial charge in [-0.05, 0) is 53.5 Å². The number of nitrogens with zero attached hydrogens (tertiary/aromatic N) is 2. The fourth-order valence-electron chi connectivity index (χ4n) is 2.68. The molecule has 0 aliphatic heterocycles. The van der Waals surface area contributed by atoms with Crippen molar-refractivity contribution in [1.82, 2.24) is 9.78 Å². The Kier molecular flexibility index (Phi) is 5.60. The molecule has 9 heteroatoms. The van der Waals surface area contributed by atoms with E-state index in [0.29, 0.717) is 10.0 Å². The lowest BCUT2D eigenvalue weighted by molar-refractivity contribution is 0.585. The molecule has 0 atom stereocenters. The summed E-state index contributed by atoms with van der Waals surface area (Å²) >= 11 is 9.32. The lowest BCUT2D eigenvalue weighted by Crippen LogP contribution is -2.15. The molecule has 1 heterocycles. The van der Waals surface area contributed by atoms with E-state index in [-0.39, 0.29) is 27.8 Å². The first-order valence-corrected chi connectivity index (χ1v) is 10.6. The number of nitrogens with one attached hydrogen (secondary N) is 1. The molecule has 5 nitrogen and oxygen atoms in total. The fraction of sp³-hybridized carbons (Fsp3) is 0.167. The lowest BCUT2D eigenvalue weighted by Gasteiger charge is -2.09. The standard InChI is InChI=1S/C18H16BrClFN3O2S/c1-11-6-7-17(12(2)8-11)27(25,26)23-18-14(19)10-24(22-18)9-13-15(20)4-3-5-16(13)21/h3-8,10H,9H2,1-2H3,(H,22,23). The summed E-state index contributed by atoms with van der Waals surface area (Å²) in [6.07, 6.45) is 1.56. The third-order valence-electron chi connectivity index (χ3n) is 3.95. The highest BCUT2D eigenvalue weighted by molar-refractivity contribution is 9.10. The molecule has 1 N–H and O–H groups in total. The maximum Gasteiger partial charge on any atom is 0.263 e. The van der Waals surface area contributed by atoms with Crippen LogP contribution in [0.25, 0.3) is 0 Å². The lowest BCUT2D eigenvalue weighted by atomic mass is 10.2. The Bertz CT molecular complexity index is 1100. The minimum absolute atomic E-state index is 0.0649. The van der Waals surface area contributed by atoms with Crippen LogP contribution >= 0.6 is 27.5 Å². The molecule has 27 heavy (non-hydrogen) atoms. The molecule has 0 amide bonds. The van der Waals surface area contributed by atoms with Gasteiger partial charge in [-0.3, -0.25) is 9.40 Å². The largest absolute Gasteiger partial charge is 0.265 e. The van der Waals surface area contributed by atoms with Crippen molar-refractivity contribution >= 4 is 43.4 Å². The molecule has 0 spiro atoms. The van der Waals surface area contributed by atoms with Gasteiger partial charge in [0.1, 0.15) is 5.82 Å². The van der Waals surface area contributed by atoms with Gasteiger partial charge in [0, 0.05) is 16.8 Å². The van der Waals surface area contributed by atoms with E-state index in [2.05, 4.69) is 25.8 Å². The minimum Gasteiger partial charge on any atom is -0.265 e. The second-order valence-electron chi connectivity index (χ2n) is 6.10. The Hall–Kier alpha value is -1.90. The molecule has 0 bridgehead atoms. The highest BCUT2D eigenvalue weighted by Gasteiger charge is 2.20. The zero-order valence-electron chi connectivity index (χ0n) is 14.5. The van der Waals surface area contributed by atoms with Gasteiger partial charge in [0.05, 0.1) is 15.9 Å². The van der Waals surface area contributed by atoms with E-state index < -0.39 is 15.8 Å². The number of anilines is 1. The summed E-state index contributed by atoms with van der Waals surface area (Å²) in [7, 11) is -3.82. The van der Waals surface area contributed by atoms with Crippen molar-refractivity contribution in [1.29, 1.82) is 0 Å². The first kappa shape index (κ1) is 19.9. The van der Waals surface area contributed by atoms with Crippen molar-refractivity contribution in [3.05, 3.63) is 74.6 Å². The molecule has 0 aliphatic rings. The first-order valence-electron chi connectivity index (χ1n) is 7.93. The molecule has 0 aliphatic carbocycles. The molecule has 0 saturated heterocycles. The molecular formula is C18H16BrClFN3O2S. The maximum atomic E-state index is 14.0. The number of hydrogen-bond donors (Lipinski definition) is 1. The number of aryl methyl sites for hydroxylation is 2. The smallest absolute Gasteiger partial charge is 0.263 e. The van der Waals surface area contributed by atoms with Crippen LogP contribution in [-0.2, 0) is 16.6 Å². The van der Waals surface area contributed by atoms with Crippen LogP contribution in [0.5, 0.6) is 0 Å². The van der Waals surface area contributed by atoms with Gasteiger partial charge in [-0.15, -0.1) is 0 Å². The number of benzene rings is 2. The second kappa shape index (κ2) is 7.61. The number of sulfonamides is 1. The number of halogens is 3. The molecule has 0 unspecified atom stereocenters. The van der Waals surface area contributed by atoms with Gasteiger partial charge in [-0.25, -0.2) is 12.8 Å². The third kappa shape index (κ3) is 4.34. The van der Waals surface area contributed by atoms with Crippen molar-refractivity contribution in [3.63, 3.8) is 0 Å². The average Bonchev–Trinajstić information content (AvgIpc) is 2.89. The summed E-state index contributed by atoms with van der Waals surface area (Å²) in [5.41, 5.74) is 1.88. The van der Waals surface area contributed by atoms with E-state index in [0.717, 1.165) is 5.56 Å². The van der Waals surface area contributed by atoms with Gasteiger partial charge in [0.2, 0.25) is 0 Å². The fourth-order valence-corrected chi connectivity index (χ4v) is 4.69. The van der Waals surface area contributed by atoms with E-state index in [9.17, 15) is 12.8 Å². The number of hydrogen-bond acceptors (Lipinski definition) is 3. The molecule has 0 saturated carbocycles. The number of rotatable bonds is 5. The molecule has 142 valence electrons. The van der Waals surface area contributed by atoms with Crippen LogP contribution in [0.15, 0.2) is 52.0 Å². The summed E-state index contributed by atoms with van der Waals surface area (Å²) in [6.45, 7) is 3.69. The summed E-state index contributed by atoms with van der Waals surface area (Å²) in [5, 5.41) is 4.48. The predicted molar refractivity (Wildman–Crippen MR) is 107 cm³/mol. The minimum atomic E-state index is -3.82. The molecule has 3 rings (SSSR count). The molecular weight excluding hydrogens is 457 g/mol. The summed E-state index contributed by atoms with van der Waals surface area (Å²) in [5.74, 6) is -0.339. The van der Waals surface area contributed by atoms with E-state index in [4.69, 9.17) is 11.6 Å². The third-order valence-corrected chi connectivity index (χ3v) is 6.38. The van der Waals surface area contributed by atoms with Gasteiger partial charge >= 0.3 is 0 Å². The van der Waals surface area contributed by atoms with Crippen LogP contribution in [0.2, 0.25) is 5.02 Å². The van der Waals surface area contributed by atoms with Gasteiger partial charge in [-0.1, -0.05) is 35.4 Å². The van der Waals surface area contributed by atoms with Gasteiger partial charge in [0.25, 0.3) is 10.0 Å². The Labute approximate surface area is 170 Å².